The van der Waals surface area contributed by atoms with E-state index in [1.54, 1.807) is 0 Å². The molecule has 3 heteroatoms. The molecule has 0 radical (unpaired) electrons. The second-order valence-electron chi connectivity index (χ2n) is 3.89. The van der Waals surface area contributed by atoms with Crippen LogP contribution in [-0.2, 0) is 13.5 Å². The SMILES string of the molecule is Cc1ccc2c(c1)c(CCN)c(Br)n2C. The molecule has 2 aromatic rings. The Hall–Kier alpha value is -0.800. The van der Waals surface area contributed by atoms with Crippen LogP contribution < -0.4 is 5.73 Å². The van der Waals surface area contributed by atoms with E-state index >= 15 is 0 Å². The van der Waals surface area contributed by atoms with E-state index in [2.05, 4.69) is 52.7 Å². The summed E-state index contributed by atoms with van der Waals surface area (Å²) in [5, 5.41) is 1.31. The maximum Gasteiger partial charge on any atom is 0.0887 e. The van der Waals surface area contributed by atoms with Gasteiger partial charge in [0.1, 0.15) is 0 Å². The van der Waals surface area contributed by atoms with Crippen molar-refractivity contribution in [2.75, 3.05) is 6.54 Å². The lowest BCUT2D eigenvalue weighted by Gasteiger charge is -1.98. The molecular formula is C12H15BrN2. The van der Waals surface area contributed by atoms with Gasteiger partial charge >= 0.3 is 0 Å². The molecule has 15 heavy (non-hydrogen) atoms. The zero-order valence-electron chi connectivity index (χ0n) is 9.05. The molecule has 0 spiro atoms. The van der Waals surface area contributed by atoms with Crippen molar-refractivity contribution in [1.82, 2.24) is 4.57 Å². The molecule has 2 nitrogen and oxygen atoms in total. The summed E-state index contributed by atoms with van der Waals surface area (Å²) in [6.07, 6.45) is 0.918. The smallest absolute Gasteiger partial charge is 0.0887 e. The van der Waals surface area contributed by atoms with E-state index < -0.39 is 0 Å². The zero-order valence-corrected chi connectivity index (χ0v) is 10.6. The summed E-state index contributed by atoms with van der Waals surface area (Å²) in [5.41, 5.74) is 9.51. The molecule has 0 aliphatic rings. The third-order valence-electron chi connectivity index (χ3n) is 2.78. The Morgan fingerprint density at radius 2 is 2.13 bits per heavy atom. The summed E-state index contributed by atoms with van der Waals surface area (Å²) in [5.74, 6) is 0. The summed E-state index contributed by atoms with van der Waals surface area (Å²) < 4.78 is 3.31. The minimum Gasteiger partial charge on any atom is -0.338 e. The van der Waals surface area contributed by atoms with Crippen LogP contribution in [0.1, 0.15) is 11.1 Å². The highest BCUT2D eigenvalue weighted by atomic mass is 79.9. The molecule has 1 aromatic carbocycles. The van der Waals surface area contributed by atoms with Crippen molar-refractivity contribution >= 4 is 26.8 Å². The number of rotatable bonds is 2. The van der Waals surface area contributed by atoms with Crippen molar-refractivity contribution in [3.05, 3.63) is 33.9 Å². The van der Waals surface area contributed by atoms with Crippen LogP contribution in [0.5, 0.6) is 0 Å². The summed E-state index contributed by atoms with van der Waals surface area (Å²) in [7, 11) is 2.07. The fourth-order valence-corrected chi connectivity index (χ4v) is 2.59. The van der Waals surface area contributed by atoms with Gasteiger partial charge in [-0.15, -0.1) is 0 Å². The Balaban J connectivity index is 2.76. The molecule has 0 saturated carbocycles. The molecule has 80 valence electrons. The van der Waals surface area contributed by atoms with Gasteiger partial charge in [0.05, 0.1) is 4.60 Å². The number of fused-ring (bicyclic) bond motifs is 1. The normalized spacial score (nSPS) is 11.2. The summed E-state index contributed by atoms with van der Waals surface area (Å²) in [4.78, 5) is 0. The average molecular weight is 267 g/mol. The van der Waals surface area contributed by atoms with Crippen molar-refractivity contribution in [3.8, 4) is 0 Å². The van der Waals surface area contributed by atoms with Crippen LogP contribution in [0.4, 0.5) is 0 Å². The molecule has 2 rings (SSSR count). The summed E-state index contributed by atoms with van der Waals surface area (Å²) in [6.45, 7) is 2.80. The van der Waals surface area contributed by atoms with E-state index in [0.717, 1.165) is 11.0 Å². The first-order chi connectivity index (χ1) is 7.15. The molecule has 1 heterocycles. The monoisotopic (exact) mass is 266 g/mol. The zero-order chi connectivity index (χ0) is 11.0. The van der Waals surface area contributed by atoms with Crippen LogP contribution in [0.2, 0.25) is 0 Å². The Morgan fingerprint density at radius 3 is 2.80 bits per heavy atom. The van der Waals surface area contributed by atoms with Crippen LogP contribution in [0, 0.1) is 6.92 Å². The fraction of sp³-hybridized carbons (Fsp3) is 0.333. The number of halogens is 1. The summed E-state index contributed by atoms with van der Waals surface area (Å²) >= 11 is 3.63. The van der Waals surface area contributed by atoms with Gasteiger partial charge < -0.3 is 10.3 Å². The lowest BCUT2D eigenvalue weighted by molar-refractivity contribution is 0.903. The minimum atomic E-state index is 0.686. The second kappa shape index (κ2) is 3.99. The number of aryl methyl sites for hydroxylation is 2. The summed E-state index contributed by atoms with van der Waals surface area (Å²) in [6, 6.07) is 6.53. The van der Waals surface area contributed by atoms with Gasteiger partial charge in [0.15, 0.2) is 0 Å². The van der Waals surface area contributed by atoms with Gasteiger partial charge in [-0.05, 0) is 53.5 Å². The standard InChI is InChI=1S/C12H15BrN2/c1-8-3-4-11-10(7-8)9(5-6-14)12(13)15(11)2/h3-4,7H,5-6,14H2,1-2H3. The molecule has 1 aromatic heterocycles. The van der Waals surface area contributed by atoms with Gasteiger partial charge in [0.25, 0.3) is 0 Å². The maximum atomic E-state index is 5.64. The first kappa shape index (κ1) is 10.7. The van der Waals surface area contributed by atoms with Gasteiger partial charge in [-0.3, -0.25) is 0 Å². The number of hydrogen-bond donors (Lipinski definition) is 1. The fourth-order valence-electron chi connectivity index (χ4n) is 1.99. The van der Waals surface area contributed by atoms with E-state index in [1.165, 1.54) is 22.0 Å². The van der Waals surface area contributed by atoms with E-state index in [4.69, 9.17) is 5.73 Å². The Bertz CT molecular complexity index is 500. The predicted molar refractivity (Wildman–Crippen MR) is 68.1 cm³/mol. The molecule has 0 bridgehead atoms. The number of benzene rings is 1. The van der Waals surface area contributed by atoms with Crippen molar-refractivity contribution < 1.29 is 0 Å². The minimum absolute atomic E-state index is 0.686. The first-order valence-electron chi connectivity index (χ1n) is 5.08. The Kier molecular flexibility index (Phi) is 2.85. The highest BCUT2D eigenvalue weighted by Crippen LogP contribution is 2.30. The van der Waals surface area contributed by atoms with Gasteiger partial charge in [-0.2, -0.15) is 0 Å². The van der Waals surface area contributed by atoms with Crippen molar-refractivity contribution in [2.45, 2.75) is 13.3 Å². The number of aromatic nitrogens is 1. The maximum absolute atomic E-state index is 5.64. The third kappa shape index (κ3) is 1.70. The van der Waals surface area contributed by atoms with Crippen LogP contribution >= 0.6 is 15.9 Å². The van der Waals surface area contributed by atoms with Crippen LogP contribution in [0.25, 0.3) is 10.9 Å². The predicted octanol–water partition coefficient (Wildman–Crippen LogP) is 2.75. The topological polar surface area (TPSA) is 30.9 Å². The van der Waals surface area contributed by atoms with Crippen LogP contribution in [-0.4, -0.2) is 11.1 Å². The Labute approximate surface area is 98.2 Å². The van der Waals surface area contributed by atoms with Gasteiger partial charge in [0, 0.05) is 18.0 Å². The van der Waals surface area contributed by atoms with Crippen molar-refractivity contribution in [1.29, 1.82) is 0 Å². The number of hydrogen-bond acceptors (Lipinski definition) is 1. The molecule has 0 amide bonds. The van der Waals surface area contributed by atoms with Crippen molar-refractivity contribution in [2.24, 2.45) is 12.8 Å². The van der Waals surface area contributed by atoms with Gasteiger partial charge in [-0.25, -0.2) is 0 Å². The lowest BCUT2D eigenvalue weighted by Crippen LogP contribution is -2.02. The molecule has 0 fully saturated rings. The van der Waals surface area contributed by atoms with Gasteiger partial charge in [0.2, 0.25) is 0 Å². The lowest BCUT2D eigenvalue weighted by atomic mass is 10.1. The molecule has 0 aliphatic heterocycles. The molecule has 2 N–H and O–H groups in total. The van der Waals surface area contributed by atoms with E-state index in [0.29, 0.717) is 6.54 Å². The molecule has 0 atom stereocenters. The third-order valence-corrected chi connectivity index (χ3v) is 3.79. The second-order valence-corrected chi connectivity index (χ2v) is 4.64. The largest absolute Gasteiger partial charge is 0.338 e. The highest BCUT2D eigenvalue weighted by molar-refractivity contribution is 9.10. The van der Waals surface area contributed by atoms with Crippen molar-refractivity contribution in [3.63, 3.8) is 0 Å². The molecule has 0 unspecified atom stereocenters. The number of nitrogens with two attached hydrogens (primary N) is 1. The molecule has 0 aliphatic carbocycles. The van der Waals surface area contributed by atoms with Crippen LogP contribution in [0.15, 0.2) is 22.8 Å². The molecule has 0 saturated heterocycles. The Morgan fingerprint density at radius 1 is 1.40 bits per heavy atom. The van der Waals surface area contributed by atoms with Crippen LogP contribution in [0.3, 0.4) is 0 Å². The highest BCUT2D eigenvalue weighted by Gasteiger charge is 2.11. The quantitative estimate of drug-likeness (QED) is 0.891. The van der Waals surface area contributed by atoms with E-state index in [-0.39, 0.29) is 0 Å². The van der Waals surface area contributed by atoms with E-state index in [1.807, 2.05) is 0 Å². The van der Waals surface area contributed by atoms with E-state index in [9.17, 15) is 0 Å². The number of nitrogens with zero attached hydrogens (tertiary/aromatic N) is 1. The molecular weight excluding hydrogens is 252 g/mol. The average Bonchev–Trinajstić information content (AvgIpc) is 2.44. The van der Waals surface area contributed by atoms with Gasteiger partial charge in [-0.1, -0.05) is 11.6 Å². The first-order valence-corrected chi connectivity index (χ1v) is 5.88.